The fourth-order valence-corrected chi connectivity index (χ4v) is 1.14. The zero-order valence-corrected chi connectivity index (χ0v) is 11.3. The van der Waals surface area contributed by atoms with Crippen molar-refractivity contribution in [1.82, 2.24) is 0 Å². The molecule has 104 valence electrons. The van der Waals surface area contributed by atoms with Crippen molar-refractivity contribution < 1.29 is 24.2 Å². The monoisotopic (exact) mass is 258 g/mol. The lowest BCUT2D eigenvalue weighted by Gasteiger charge is -2.22. The summed E-state index contributed by atoms with van der Waals surface area (Å²) in [5.41, 5.74) is -0.701. The van der Waals surface area contributed by atoms with Gasteiger partial charge in [0.25, 0.3) is 0 Å². The van der Waals surface area contributed by atoms with Crippen LogP contribution in [0.5, 0.6) is 0 Å². The number of rotatable bonds is 8. The summed E-state index contributed by atoms with van der Waals surface area (Å²) in [4.78, 5) is 22.6. The minimum atomic E-state index is -1.27. The summed E-state index contributed by atoms with van der Waals surface area (Å²) >= 11 is 0. The molecule has 0 aromatic heterocycles. The Kier molecular flexibility index (Phi) is 7.27. The van der Waals surface area contributed by atoms with Crippen LogP contribution in [-0.2, 0) is 19.1 Å². The van der Waals surface area contributed by atoms with Crippen LogP contribution in [-0.4, -0.2) is 35.9 Å². The Hall–Kier alpha value is -1.36. The average molecular weight is 258 g/mol. The summed E-state index contributed by atoms with van der Waals surface area (Å²) in [5, 5.41) is 8.95. The molecule has 0 saturated carbocycles. The Morgan fingerprint density at radius 1 is 1.39 bits per heavy atom. The molecular formula is C13H22O5. The molecular weight excluding hydrogens is 236 g/mol. The van der Waals surface area contributed by atoms with Gasteiger partial charge in [-0.05, 0) is 33.6 Å². The number of carbonyl (C=O) groups excluding carboxylic acids is 1. The van der Waals surface area contributed by atoms with Gasteiger partial charge in [0.05, 0.1) is 6.61 Å². The maximum Gasteiger partial charge on any atom is 0.323 e. The number of aliphatic carboxylic acids is 1. The van der Waals surface area contributed by atoms with E-state index in [0.29, 0.717) is 6.61 Å². The lowest BCUT2D eigenvalue weighted by molar-refractivity contribution is -0.169. The Balaban J connectivity index is 4.18. The molecule has 0 spiro atoms. The first-order valence-corrected chi connectivity index (χ1v) is 5.92. The molecule has 0 aliphatic carbocycles. The number of unbranched alkanes of at least 4 members (excludes halogenated alkanes) is 1. The summed E-state index contributed by atoms with van der Waals surface area (Å²) in [6, 6.07) is 0. The Morgan fingerprint density at radius 2 is 2.00 bits per heavy atom. The molecule has 5 heteroatoms. The summed E-state index contributed by atoms with van der Waals surface area (Å²) in [6.07, 6.45) is 3.31. The first-order valence-electron chi connectivity index (χ1n) is 5.92. The van der Waals surface area contributed by atoms with E-state index in [9.17, 15) is 9.59 Å². The van der Waals surface area contributed by atoms with Crippen molar-refractivity contribution in [2.75, 3.05) is 13.2 Å². The lowest BCUT2D eigenvalue weighted by Crippen LogP contribution is -2.35. The van der Waals surface area contributed by atoms with Gasteiger partial charge in [-0.25, -0.2) is 0 Å². The SMILES string of the molecule is C=CCCCOCC(C(=O)O)C(=O)OC(C)(C)C. The third kappa shape index (κ3) is 7.84. The summed E-state index contributed by atoms with van der Waals surface area (Å²) in [6.45, 7) is 8.87. The zero-order chi connectivity index (χ0) is 14.2. The number of carbonyl (C=O) groups is 2. The number of ether oxygens (including phenoxy) is 2. The zero-order valence-electron chi connectivity index (χ0n) is 11.3. The van der Waals surface area contributed by atoms with Crippen molar-refractivity contribution in [2.24, 2.45) is 5.92 Å². The molecule has 18 heavy (non-hydrogen) atoms. The predicted molar refractivity (Wildman–Crippen MR) is 67.2 cm³/mol. The van der Waals surface area contributed by atoms with E-state index in [1.54, 1.807) is 26.8 Å². The molecule has 0 saturated heterocycles. The fraction of sp³-hybridized carbons (Fsp3) is 0.692. The largest absolute Gasteiger partial charge is 0.481 e. The van der Waals surface area contributed by atoms with Gasteiger partial charge in [0, 0.05) is 6.61 Å². The highest BCUT2D eigenvalue weighted by molar-refractivity contribution is 5.94. The molecule has 0 aromatic carbocycles. The maximum absolute atomic E-state index is 11.6. The highest BCUT2D eigenvalue weighted by Crippen LogP contribution is 2.12. The van der Waals surface area contributed by atoms with E-state index in [0.717, 1.165) is 12.8 Å². The van der Waals surface area contributed by atoms with Crippen molar-refractivity contribution in [1.29, 1.82) is 0 Å². The van der Waals surface area contributed by atoms with Crippen molar-refractivity contribution in [3.8, 4) is 0 Å². The number of hydrogen-bond donors (Lipinski definition) is 1. The van der Waals surface area contributed by atoms with Crippen LogP contribution in [0.15, 0.2) is 12.7 Å². The van der Waals surface area contributed by atoms with Gasteiger partial charge >= 0.3 is 11.9 Å². The van der Waals surface area contributed by atoms with Gasteiger partial charge in [0.15, 0.2) is 5.92 Å². The van der Waals surface area contributed by atoms with E-state index in [1.807, 2.05) is 0 Å². The molecule has 1 atom stereocenters. The van der Waals surface area contributed by atoms with E-state index in [1.165, 1.54) is 0 Å². The Labute approximate surface area is 108 Å². The number of allylic oxidation sites excluding steroid dienone is 1. The molecule has 0 aliphatic rings. The summed E-state index contributed by atoms with van der Waals surface area (Å²) in [7, 11) is 0. The minimum Gasteiger partial charge on any atom is -0.481 e. The minimum absolute atomic E-state index is 0.165. The van der Waals surface area contributed by atoms with Crippen LogP contribution in [0.1, 0.15) is 33.6 Å². The smallest absolute Gasteiger partial charge is 0.323 e. The van der Waals surface area contributed by atoms with Crippen LogP contribution in [0.25, 0.3) is 0 Å². The van der Waals surface area contributed by atoms with Crippen LogP contribution >= 0.6 is 0 Å². The van der Waals surface area contributed by atoms with Gasteiger partial charge in [-0.1, -0.05) is 6.08 Å². The van der Waals surface area contributed by atoms with Crippen LogP contribution in [0, 0.1) is 5.92 Å². The van der Waals surface area contributed by atoms with E-state index in [4.69, 9.17) is 14.6 Å². The van der Waals surface area contributed by atoms with E-state index in [-0.39, 0.29) is 6.61 Å². The highest BCUT2D eigenvalue weighted by atomic mass is 16.6. The molecule has 1 N–H and O–H groups in total. The van der Waals surface area contributed by atoms with Gasteiger partial charge in [-0.2, -0.15) is 0 Å². The second-order valence-electron chi connectivity index (χ2n) is 4.93. The van der Waals surface area contributed by atoms with Gasteiger partial charge in [0.1, 0.15) is 5.60 Å². The topological polar surface area (TPSA) is 72.8 Å². The second kappa shape index (κ2) is 7.87. The number of hydrogen-bond acceptors (Lipinski definition) is 4. The third-order valence-corrected chi connectivity index (χ3v) is 1.97. The molecule has 0 rings (SSSR count). The van der Waals surface area contributed by atoms with Crippen LogP contribution < -0.4 is 0 Å². The van der Waals surface area contributed by atoms with Crippen LogP contribution in [0.2, 0.25) is 0 Å². The van der Waals surface area contributed by atoms with E-state index >= 15 is 0 Å². The molecule has 0 heterocycles. The molecule has 0 aliphatic heterocycles. The van der Waals surface area contributed by atoms with Gasteiger partial charge in [-0.15, -0.1) is 6.58 Å². The highest BCUT2D eigenvalue weighted by Gasteiger charge is 2.31. The van der Waals surface area contributed by atoms with E-state index in [2.05, 4.69) is 6.58 Å². The van der Waals surface area contributed by atoms with Crippen LogP contribution in [0.3, 0.4) is 0 Å². The molecule has 0 bridgehead atoms. The van der Waals surface area contributed by atoms with Gasteiger partial charge in [-0.3, -0.25) is 9.59 Å². The second-order valence-corrected chi connectivity index (χ2v) is 4.93. The normalized spacial score (nSPS) is 12.8. The summed E-state index contributed by atoms with van der Waals surface area (Å²) < 4.78 is 10.2. The Morgan fingerprint density at radius 3 is 2.44 bits per heavy atom. The van der Waals surface area contributed by atoms with Crippen LogP contribution in [0.4, 0.5) is 0 Å². The van der Waals surface area contributed by atoms with E-state index < -0.39 is 23.5 Å². The van der Waals surface area contributed by atoms with Crippen molar-refractivity contribution in [3.63, 3.8) is 0 Å². The fourth-order valence-electron chi connectivity index (χ4n) is 1.14. The molecule has 5 nitrogen and oxygen atoms in total. The molecule has 1 unspecified atom stereocenters. The first-order chi connectivity index (χ1) is 8.28. The maximum atomic E-state index is 11.6. The number of esters is 1. The van der Waals surface area contributed by atoms with Gasteiger partial charge < -0.3 is 14.6 Å². The Bertz CT molecular complexity index is 290. The molecule has 0 radical (unpaired) electrons. The standard InChI is InChI=1S/C13H22O5/c1-5-6-7-8-17-9-10(11(14)15)12(16)18-13(2,3)4/h5,10H,1,6-9H2,2-4H3,(H,14,15). The predicted octanol–water partition coefficient (Wildman–Crippen LogP) is 2.01. The quantitative estimate of drug-likeness (QED) is 0.312. The number of carboxylic acids is 1. The molecule has 0 fully saturated rings. The molecule has 0 aromatic rings. The van der Waals surface area contributed by atoms with Gasteiger partial charge in [0.2, 0.25) is 0 Å². The average Bonchev–Trinajstić information content (AvgIpc) is 2.19. The number of carboxylic acid groups (broad SMARTS) is 1. The summed E-state index contributed by atoms with van der Waals surface area (Å²) in [5.74, 6) is -3.26. The first kappa shape index (κ1) is 16.6. The molecule has 0 amide bonds. The van der Waals surface area contributed by atoms with Crippen molar-refractivity contribution in [3.05, 3.63) is 12.7 Å². The van der Waals surface area contributed by atoms with Crippen molar-refractivity contribution in [2.45, 2.75) is 39.2 Å². The van der Waals surface area contributed by atoms with Crippen molar-refractivity contribution >= 4 is 11.9 Å². The lowest BCUT2D eigenvalue weighted by atomic mass is 10.1. The third-order valence-electron chi connectivity index (χ3n) is 1.97.